The summed E-state index contributed by atoms with van der Waals surface area (Å²) >= 11 is 0. The van der Waals surface area contributed by atoms with Crippen molar-refractivity contribution < 1.29 is 19.7 Å². The highest BCUT2D eigenvalue weighted by molar-refractivity contribution is 5.74. The van der Waals surface area contributed by atoms with Gasteiger partial charge in [0.1, 0.15) is 5.75 Å². The summed E-state index contributed by atoms with van der Waals surface area (Å²) in [6.45, 7) is 2.34. The second-order valence-corrected chi connectivity index (χ2v) is 3.69. The van der Waals surface area contributed by atoms with Crippen LogP contribution in [0, 0.1) is 11.3 Å². The first-order valence-corrected chi connectivity index (χ1v) is 5.63. The van der Waals surface area contributed by atoms with Crippen LogP contribution >= 0.6 is 0 Å². The number of carboxylic acid groups (broad SMARTS) is 1. The lowest BCUT2D eigenvalue weighted by atomic mass is 9.98. The topological polar surface area (TPSA) is 90.6 Å². The van der Waals surface area contributed by atoms with Crippen LogP contribution in [-0.4, -0.2) is 22.8 Å². The summed E-state index contributed by atoms with van der Waals surface area (Å²) in [6, 6.07) is 6.80. The fourth-order valence-electron chi connectivity index (χ4n) is 1.65. The summed E-state index contributed by atoms with van der Waals surface area (Å²) in [6.07, 6.45) is -0.930. The van der Waals surface area contributed by atoms with Gasteiger partial charge >= 0.3 is 5.97 Å². The van der Waals surface area contributed by atoms with E-state index in [9.17, 15) is 9.90 Å². The molecule has 1 unspecified atom stereocenters. The van der Waals surface area contributed by atoms with Gasteiger partial charge in [-0.25, -0.2) is 4.79 Å². The standard InChI is InChI=1S/C13H15NO4/c1-2-18-10-5-6-11(12(15)13(16)17)9(8-10)4-3-7-14/h5-6,8,12,15H,2-4H2,1H3,(H,16,17). The number of aliphatic carboxylic acids is 1. The minimum absolute atomic E-state index is 0.259. The minimum Gasteiger partial charge on any atom is -0.494 e. The Morgan fingerprint density at radius 2 is 2.28 bits per heavy atom. The van der Waals surface area contributed by atoms with E-state index in [1.165, 1.54) is 6.07 Å². The number of aryl methyl sites for hydroxylation is 1. The molecule has 0 radical (unpaired) electrons. The van der Waals surface area contributed by atoms with Gasteiger partial charge in [-0.2, -0.15) is 5.26 Å². The minimum atomic E-state index is -1.57. The number of rotatable bonds is 6. The van der Waals surface area contributed by atoms with Crippen molar-refractivity contribution in [3.05, 3.63) is 29.3 Å². The molecule has 0 aliphatic heterocycles. The number of benzene rings is 1. The van der Waals surface area contributed by atoms with Crippen LogP contribution in [-0.2, 0) is 11.2 Å². The Morgan fingerprint density at radius 3 is 2.83 bits per heavy atom. The van der Waals surface area contributed by atoms with Crippen molar-refractivity contribution in [3.8, 4) is 11.8 Å². The lowest BCUT2D eigenvalue weighted by Crippen LogP contribution is -2.13. The van der Waals surface area contributed by atoms with Crippen LogP contribution in [0.3, 0.4) is 0 Å². The molecule has 0 fully saturated rings. The molecule has 0 aliphatic carbocycles. The molecule has 1 rings (SSSR count). The summed E-state index contributed by atoms with van der Waals surface area (Å²) < 4.78 is 5.31. The zero-order valence-corrected chi connectivity index (χ0v) is 10.1. The maximum absolute atomic E-state index is 10.8. The summed E-state index contributed by atoms with van der Waals surface area (Å²) in [5, 5.41) is 27.0. The second kappa shape index (κ2) is 6.62. The molecule has 0 spiro atoms. The van der Waals surface area contributed by atoms with E-state index in [1.807, 2.05) is 13.0 Å². The number of nitriles is 1. The Hall–Kier alpha value is -2.06. The Morgan fingerprint density at radius 1 is 1.56 bits per heavy atom. The number of hydrogen-bond acceptors (Lipinski definition) is 4. The molecular weight excluding hydrogens is 234 g/mol. The van der Waals surface area contributed by atoms with Crippen molar-refractivity contribution in [2.75, 3.05) is 6.61 Å². The SMILES string of the molecule is CCOc1ccc(C(O)C(=O)O)c(CCC#N)c1. The van der Waals surface area contributed by atoms with Gasteiger partial charge in [0.05, 0.1) is 12.7 Å². The van der Waals surface area contributed by atoms with Crippen molar-refractivity contribution in [1.82, 2.24) is 0 Å². The van der Waals surface area contributed by atoms with E-state index in [-0.39, 0.29) is 6.42 Å². The molecule has 0 saturated heterocycles. The Kier molecular flexibility index (Phi) is 5.15. The summed E-state index contributed by atoms with van der Waals surface area (Å²) in [7, 11) is 0. The normalized spacial score (nSPS) is 11.6. The van der Waals surface area contributed by atoms with Gasteiger partial charge in [-0.3, -0.25) is 0 Å². The van der Waals surface area contributed by atoms with Crippen molar-refractivity contribution in [2.45, 2.75) is 25.9 Å². The number of nitrogens with zero attached hydrogens (tertiary/aromatic N) is 1. The number of carbonyl (C=O) groups is 1. The van der Waals surface area contributed by atoms with Crippen molar-refractivity contribution in [2.24, 2.45) is 0 Å². The fourth-order valence-corrected chi connectivity index (χ4v) is 1.65. The summed E-state index contributed by atoms with van der Waals surface area (Å²) in [5.41, 5.74) is 0.929. The van der Waals surface area contributed by atoms with E-state index in [0.29, 0.717) is 29.9 Å². The van der Waals surface area contributed by atoms with Crippen LogP contribution in [0.4, 0.5) is 0 Å². The average Bonchev–Trinajstić information content (AvgIpc) is 2.36. The third kappa shape index (κ3) is 3.47. The molecule has 18 heavy (non-hydrogen) atoms. The van der Waals surface area contributed by atoms with Gasteiger partial charge in [0.25, 0.3) is 0 Å². The smallest absolute Gasteiger partial charge is 0.337 e. The molecule has 1 atom stereocenters. The summed E-state index contributed by atoms with van der Waals surface area (Å²) in [4.78, 5) is 10.8. The van der Waals surface area contributed by atoms with Gasteiger partial charge < -0.3 is 14.9 Å². The molecule has 1 aromatic carbocycles. The monoisotopic (exact) mass is 249 g/mol. The van der Waals surface area contributed by atoms with Gasteiger partial charge in [0.2, 0.25) is 0 Å². The van der Waals surface area contributed by atoms with Gasteiger partial charge in [-0.1, -0.05) is 6.07 Å². The Labute approximate surface area is 105 Å². The highest BCUT2D eigenvalue weighted by atomic mass is 16.5. The van der Waals surface area contributed by atoms with E-state index < -0.39 is 12.1 Å². The highest BCUT2D eigenvalue weighted by Gasteiger charge is 2.19. The second-order valence-electron chi connectivity index (χ2n) is 3.69. The Bertz CT molecular complexity index is 465. The molecule has 0 aliphatic rings. The van der Waals surface area contributed by atoms with Crippen LogP contribution in [0.5, 0.6) is 5.75 Å². The first-order chi connectivity index (χ1) is 8.60. The molecule has 0 bridgehead atoms. The maximum Gasteiger partial charge on any atom is 0.337 e. The highest BCUT2D eigenvalue weighted by Crippen LogP contribution is 2.24. The number of ether oxygens (including phenoxy) is 1. The van der Waals surface area contributed by atoms with Crippen LogP contribution in [0.1, 0.15) is 30.6 Å². The molecule has 2 N–H and O–H groups in total. The quantitative estimate of drug-likeness (QED) is 0.800. The first-order valence-electron chi connectivity index (χ1n) is 5.63. The third-order valence-corrected chi connectivity index (χ3v) is 2.46. The molecule has 1 aromatic rings. The molecule has 0 aromatic heterocycles. The predicted octanol–water partition coefficient (Wildman–Crippen LogP) is 1.66. The zero-order chi connectivity index (χ0) is 13.5. The van der Waals surface area contributed by atoms with Gasteiger partial charge in [-0.15, -0.1) is 0 Å². The van der Waals surface area contributed by atoms with Crippen molar-refractivity contribution in [1.29, 1.82) is 5.26 Å². The first kappa shape index (κ1) is 14.0. The summed E-state index contributed by atoms with van der Waals surface area (Å²) in [5.74, 6) is -0.704. The molecule has 0 saturated carbocycles. The molecule has 5 nitrogen and oxygen atoms in total. The molecule has 0 amide bonds. The molecular formula is C13H15NO4. The van der Waals surface area contributed by atoms with Gasteiger partial charge in [-0.05, 0) is 36.6 Å². The number of hydrogen-bond donors (Lipinski definition) is 2. The van der Waals surface area contributed by atoms with Gasteiger partial charge in [0, 0.05) is 6.42 Å². The largest absolute Gasteiger partial charge is 0.494 e. The number of aliphatic hydroxyl groups excluding tert-OH is 1. The van der Waals surface area contributed by atoms with E-state index >= 15 is 0 Å². The predicted molar refractivity (Wildman–Crippen MR) is 64.1 cm³/mol. The number of aliphatic hydroxyl groups is 1. The van der Waals surface area contributed by atoms with E-state index in [1.54, 1.807) is 12.1 Å². The lowest BCUT2D eigenvalue weighted by Gasteiger charge is -2.13. The lowest BCUT2D eigenvalue weighted by molar-refractivity contribution is -0.147. The van der Waals surface area contributed by atoms with Crippen LogP contribution in [0.25, 0.3) is 0 Å². The fraction of sp³-hybridized carbons (Fsp3) is 0.385. The van der Waals surface area contributed by atoms with Crippen molar-refractivity contribution >= 4 is 5.97 Å². The number of carboxylic acids is 1. The van der Waals surface area contributed by atoms with E-state index in [2.05, 4.69) is 0 Å². The molecule has 5 heteroatoms. The van der Waals surface area contributed by atoms with E-state index in [0.717, 1.165) is 0 Å². The molecule has 96 valence electrons. The molecule has 0 heterocycles. The van der Waals surface area contributed by atoms with Crippen LogP contribution in [0.15, 0.2) is 18.2 Å². The van der Waals surface area contributed by atoms with Crippen LogP contribution in [0.2, 0.25) is 0 Å². The van der Waals surface area contributed by atoms with Crippen LogP contribution < -0.4 is 4.74 Å². The zero-order valence-electron chi connectivity index (χ0n) is 10.1. The Balaban J connectivity index is 3.08. The van der Waals surface area contributed by atoms with E-state index in [4.69, 9.17) is 15.1 Å². The average molecular weight is 249 g/mol. The van der Waals surface area contributed by atoms with Gasteiger partial charge in [0.15, 0.2) is 6.10 Å². The maximum atomic E-state index is 10.8. The van der Waals surface area contributed by atoms with Crippen molar-refractivity contribution in [3.63, 3.8) is 0 Å². The third-order valence-electron chi connectivity index (χ3n) is 2.46.